The summed E-state index contributed by atoms with van der Waals surface area (Å²) in [6.07, 6.45) is 0. The highest BCUT2D eigenvalue weighted by Gasteiger charge is 2.32. The molecule has 1 saturated heterocycles. The van der Waals surface area contributed by atoms with Crippen molar-refractivity contribution in [3.8, 4) is 6.07 Å². The van der Waals surface area contributed by atoms with Gasteiger partial charge in [0, 0.05) is 26.2 Å². The van der Waals surface area contributed by atoms with Gasteiger partial charge < -0.3 is 5.32 Å². The Morgan fingerprint density at radius 3 is 2.31 bits per heavy atom. The lowest BCUT2D eigenvalue weighted by Gasteiger charge is -2.34. The molecule has 1 unspecified atom stereocenters. The third-order valence-corrected chi connectivity index (χ3v) is 6.78. The van der Waals surface area contributed by atoms with Gasteiger partial charge in [-0.2, -0.15) is 9.57 Å². The maximum Gasteiger partial charge on any atom is 0.243 e. The fourth-order valence-electron chi connectivity index (χ4n) is 2.70. The van der Waals surface area contributed by atoms with Crippen molar-refractivity contribution < 1.29 is 13.2 Å². The quantitative estimate of drug-likeness (QED) is 0.798. The second kappa shape index (κ2) is 8.16. The summed E-state index contributed by atoms with van der Waals surface area (Å²) >= 11 is 0. The Bertz CT molecular complexity index is 765. The molecule has 1 heterocycles. The molecule has 1 amide bonds. The SMILES string of the molecule is CC(C)C(C)(C#N)NC(=O)CN1CCN(S(=O)(=O)c2ccccc2)CC1. The topological polar surface area (TPSA) is 93.5 Å². The third kappa shape index (κ3) is 4.61. The minimum atomic E-state index is -3.49. The van der Waals surface area contributed by atoms with E-state index in [-0.39, 0.29) is 23.3 Å². The third-order valence-electron chi connectivity index (χ3n) is 4.87. The number of amides is 1. The van der Waals surface area contributed by atoms with Crippen molar-refractivity contribution in [2.75, 3.05) is 32.7 Å². The van der Waals surface area contributed by atoms with E-state index in [2.05, 4.69) is 11.4 Å². The molecule has 1 aromatic carbocycles. The van der Waals surface area contributed by atoms with Gasteiger partial charge in [-0.05, 0) is 25.0 Å². The fourth-order valence-corrected chi connectivity index (χ4v) is 4.15. The van der Waals surface area contributed by atoms with E-state index in [1.807, 2.05) is 18.7 Å². The molecule has 0 aromatic heterocycles. The van der Waals surface area contributed by atoms with E-state index in [4.69, 9.17) is 0 Å². The molecule has 7 nitrogen and oxygen atoms in total. The molecule has 0 bridgehead atoms. The minimum absolute atomic E-state index is 0.00990. The monoisotopic (exact) mass is 378 g/mol. The zero-order chi connectivity index (χ0) is 19.4. The highest BCUT2D eigenvalue weighted by molar-refractivity contribution is 7.89. The van der Waals surface area contributed by atoms with Gasteiger partial charge in [0.25, 0.3) is 0 Å². The summed E-state index contributed by atoms with van der Waals surface area (Å²) in [5, 5.41) is 12.1. The number of nitriles is 1. The molecule has 0 spiro atoms. The summed E-state index contributed by atoms with van der Waals surface area (Å²) in [6, 6.07) is 10.5. The molecule has 2 rings (SSSR count). The molecule has 1 N–H and O–H groups in total. The number of rotatable bonds is 6. The highest BCUT2D eigenvalue weighted by atomic mass is 32.2. The smallest absolute Gasteiger partial charge is 0.243 e. The summed E-state index contributed by atoms with van der Waals surface area (Å²) in [5.74, 6) is -0.230. The Hall–Kier alpha value is -1.95. The Morgan fingerprint density at radius 2 is 1.81 bits per heavy atom. The van der Waals surface area contributed by atoms with E-state index in [0.717, 1.165) is 0 Å². The van der Waals surface area contributed by atoms with Crippen LogP contribution in [0.4, 0.5) is 0 Å². The predicted octanol–water partition coefficient (Wildman–Crippen LogP) is 1.05. The van der Waals surface area contributed by atoms with Crippen LogP contribution < -0.4 is 5.32 Å². The van der Waals surface area contributed by atoms with Gasteiger partial charge >= 0.3 is 0 Å². The van der Waals surface area contributed by atoms with Crippen LogP contribution in [0.1, 0.15) is 20.8 Å². The molecular formula is C18H26N4O3S. The van der Waals surface area contributed by atoms with Gasteiger partial charge in [0.1, 0.15) is 5.54 Å². The lowest BCUT2D eigenvalue weighted by molar-refractivity contribution is -0.124. The van der Waals surface area contributed by atoms with Crippen LogP contribution in [0.5, 0.6) is 0 Å². The van der Waals surface area contributed by atoms with E-state index in [1.54, 1.807) is 37.3 Å². The number of piperazine rings is 1. The van der Waals surface area contributed by atoms with Crippen molar-refractivity contribution in [2.45, 2.75) is 31.2 Å². The number of hydrogen-bond donors (Lipinski definition) is 1. The fraction of sp³-hybridized carbons (Fsp3) is 0.556. The molecule has 0 aliphatic carbocycles. The lowest BCUT2D eigenvalue weighted by atomic mass is 9.90. The summed E-state index contributed by atoms with van der Waals surface area (Å²) in [6.45, 7) is 7.26. The van der Waals surface area contributed by atoms with Crippen LogP contribution in [0, 0.1) is 17.2 Å². The number of nitrogens with zero attached hydrogens (tertiary/aromatic N) is 3. The van der Waals surface area contributed by atoms with E-state index >= 15 is 0 Å². The van der Waals surface area contributed by atoms with Crippen LogP contribution >= 0.6 is 0 Å². The molecule has 1 aliphatic heterocycles. The first-order valence-corrected chi connectivity index (χ1v) is 10.1. The van der Waals surface area contributed by atoms with Gasteiger partial charge in [-0.3, -0.25) is 9.69 Å². The lowest BCUT2D eigenvalue weighted by Crippen LogP contribution is -2.55. The molecule has 1 aliphatic rings. The van der Waals surface area contributed by atoms with Gasteiger partial charge in [0.2, 0.25) is 15.9 Å². The van der Waals surface area contributed by atoms with Crippen molar-refractivity contribution in [3.63, 3.8) is 0 Å². The average Bonchev–Trinajstić information content (AvgIpc) is 2.62. The predicted molar refractivity (Wildman–Crippen MR) is 98.6 cm³/mol. The van der Waals surface area contributed by atoms with E-state index < -0.39 is 15.6 Å². The van der Waals surface area contributed by atoms with Crippen molar-refractivity contribution in [2.24, 2.45) is 5.92 Å². The average molecular weight is 378 g/mol. The van der Waals surface area contributed by atoms with Crippen molar-refractivity contribution >= 4 is 15.9 Å². The van der Waals surface area contributed by atoms with Crippen LogP contribution in [-0.4, -0.2) is 61.8 Å². The number of hydrogen-bond acceptors (Lipinski definition) is 5. The largest absolute Gasteiger partial charge is 0.337 e. The van der Waals surface area contributed by atoms with Crippen LogP contribution in [-0.2, 0) is 14.8 Å². The molecule has 1 aromatic rings. The maximum absolute atomic E-state index is 12.6. The normalized spacial score (nSPS) is 18.9. The van der Waals surface area contributed by atoms with E-state index in [9.17, 15) is 18.5 Å². The van der Waals surface area contributed by atoms with Gasteiger partial charge in [0.15, 0.2) is 0 Å². The maximum atomic E-state index is 12.6. The second-order valence-corrected chi connectivity index (χ2v) is 8.95. The first kappa shape index (κ1) is 20.4. The van der Waals surface area contributed by atoms with Crippen LogP contribution in [0.3, 0.4) is 0 Å². The Labute approximate surface area is 155 Å². The zero-order valence-electron chi connectivity index (χ0n) is 15.5. The van der Waals surface area contributed by atoms with E-state index in [1.165, 1.54) is 4.31 Å². The first-order chi connectivity index (χ1) is 12.2. The number of benzene rings is 1. The van der Waals surface area contributed by atoms with Crippen LogP contribution in [0.25, 0.3) is 0 Å². The summed E-state index contributed by atoms with van der Waals surface area (Å²) < 4.78 is 26.7. The van der Waals surface area contributed by atoms with Gasteiger partial charge in [-0.1, -0.05) is 32.0 Å². The summed E-state index contributed by atoms with van der Waals surface area (Å²) in [5.41, 5.74) is -0.907. The first-order valence-electron chi connectivity index (χ1n) is 8.69. The zero-order valence-corrected chi connectivity index (χ0v) is 16.3. The van der Waals surface area contributed by atoms with Gasteiger partial charge in [-0.15, -0.1) is 0 Å². The molecule has 0 radical (unpaired) electrons. The molecule has 26 heavy (non-hydrogen) atoms. The van der Waals surface area contributed by atoms with Crippen molar-refractivity contribution in [1.29, 1.82) is 5.26 Å². The standard InChI is InChI=1S/C18H26N4O3S/c1-15(2)18(3,14-19)20-17(23)13-21-9-11-22(12-10-21)26(24,25)16-7-5-4-6-8-16/h4-8,15H,9-13H2,1-3H3,(H,20,23). The Balaban J connectivity index is 1.91. The molecule has 0 saturated carbocycles. The molecule has 142 valence electrons. The number of sulfonamides is 1. The highest BCUT2D eigenvalue weighted by Crippen LogP contribution is 2.18. The van der Waals surface area contributed by atoms with Crippen LogP contribution in [0.2, 0.25) is 0 Å². The molecule has 1 fully saturated rings. The Morgan fingerprint density at radius 1 is 1.23 bits per heavy atom. The van der Waals surface area contributed by atoms with Crippen molar-refractivity contribution in [1.82, 2.24) is 14.5 Å². The summed E-state index contributed by atoms with van der Waals surface area (Å²) in [7, 11) is -3.49. The number of nitrogens with one attached hydrogen (secondary N) is 1. The van der Waals surface area contributed by atoms with Gasteiger partial charge in [0.05, 0.1) is 17.5 Å². The Kier molecular flexibility index (Phi) is 6.39. The molecular weight excluding hydrogens is 352 g/mol. The minimum Gasteiger partial charge on any atom is -0.337 e. The van der Waals surface area contributed by atoms with Crippen LogP contribution in [0.15, 0.2) is 35.2 Å². The second-order valence-electron chi connectivity index (χ2n) is 7.01. The number of carbonyl (C=O) groups excluding carboxylic acids is 1. The van der Waals surface area contributed by atoms with Gasteiger partial charge in [-0.25, -0.2) is 8.42 Å². The molecule has 8 heteroatoms. The number of carbonyl (C=O) groups is 1. The summed E-state index contributed by atoms with van der Waals surface area (Å²) in [4.78, 5) is 14.4. The molecule has 1 atom stereocenters. The van der Waals surface area contributed by atoms with Crippen molar-refractivity contribution in [3.05, 3.63) is 30.3 Å². The van der Waals surface area contributed by atoms with E-state index in [0.29, 0.717) is 26.2 Å².